The fourth-order valence-electron chi connectivity index (χ4n) is 2.97. The van der Waals surface area contributed by atoms with Gasteiger partial charge in [-0.25, -0.2) is 0 Å². The molecule has 0 radical (unpaired) electrons. The molecule has 4 unspecified atom stereocenters. The highest BCUT2D eigenvalue weighted by atomic mass is 16.3. The van der Waals surface area contributed by atoms with E-state index in [-0.39, 0.29) is 18.1 Å². The Morgan fingerprint density at radius 2 is 1.88 bits per heavy atom. The lowest BCUT2D eigenvalue weighted by molar-refractivity contribution is -0.0417. The summed E-state index contributed by atoms with van der Waals surface area (Å²) in [5.74, 6) is 0.522. The Morgan fingerprint density at radius 3 is 2.44 bits per heavy atom. The van der Waals surface area contributed by atoms with Gasteiger partial charge < -0.3 is 10.2 Å². The van der Waals surface area contributed by atoms with E-state index in [2.05, 4.69) is 13.8 Å². The topological polar surface area (TPSA) is 40.5 Å². The molecule has 2 nitrogen and oxygen atoms in total. The van der Waals surface area contributed by atoms with Crippen LogP contribution in [-0.2, 0) is 0 Å². The first-order valence-corrected chi connectivity index (χ1v) is 7.06. The van der Waals surface area contributed by atoms with Gasteiger partial charge in [-0.15, -0.1) is 0 Å². The molecule has 4 atom stereocenters. The Balaban J connectivity index is 2.47. The Bertz CT molecular complexity index is 182. The van der Waals surface area contributed by atoms with Gasteiger partial charge in [0.1, 0.15) is 0 Å². The van der Waals surface area contributed by atoms with Crippen molar-refractivity contribution in [1.29, 1.82) is 0 Å². The quantitative estimate of drug-likeness (QED) is 0.733. The molecular weight excluding hydrogens is 200 g/mol. The van der Waals surface area contributed by atoms with Gasteiger partial charge in [0.25, 0.3) is 0 Å². The molecule has 0 aromatic rings. The molecule has 1 aliphatic carbocycles. The van der Waals surface area contributed by atoms with Crippen molar-refractivity contribution in [3.63, 3.8) is 0 Å². The van der Waals surface area contributed by atoms with E-state index in [9.17, 15) is 10.2 Å². The van der Waals surface area contributed by atoms with Crippen LogP contribution in [0.3, 0.4) is 0 Å². The monoisotopic (exact) mass is 228 g/mol. The molecule has 2 N–H and O–H groups in total. The standard InChI is InChI=1S/C14H28O2/c1-3-5-8-11(4-2)14(16)12-9-6-7-10-13(12)15/h11-16H,3-10H2,1-2H3. The average molecular weight is 228 g/mol. The smallest absolute Gasteiger partial charge is 0.0621 e. The first-order valence-electron chi connectivity index (χ1n) is 7.06. The predicted octanol–water partition coefficient (Wildman–Crippen LogP) is 3.11. The van der Waals surface area contributed by atoms with Gasteiger partial charge in [-0.2, -0.15) is 0 Å². The van der Waals surface area contributed by atoms with Gasteiger partial charge in [-0.05, 0) is 25.2 Å². The van der Waals surface area contributed by atoms with Crippen LogP contribution < -0.4 is 0 Å². The summed E-state index contributed by atoms with van der Waals surface area (Å²) in [6.07, 6.45) is 8.15. The van der Waals surface area contributed by atoms with Crippen LogP contribution in [0.5, 0.6) is 0 Å². The zero-order valence-electron chi connectivity index (χ0n) is 10.9. The fraction of sp³-hybridized carbons (Fsp3) is 1.00. The second-order valence-corrected chi connectivity index (χ2v) is 5.32. The van der Waals surface area contributed by atoms with Gasteiger partial charge >= 0.3 is 0 Å². The Morgan fingerprint density at radius 1 is 1.19 bits per heavy atom. The lowest BCUT2D eigenvalue weighted by Crippen LogP contribution is -2.38. The molecule has 0 aromatic heterocycles. The van der Waals surface area contributed by atoms with Crippen LogP contribution in [0.15, 0.2) is 0 Å². The van der Waals surface area contributed by atoms with E-state index in [0.717, 1.165) is 32.1 Å². The Kier molecular flexibility index (Phi) is 6.37. The molecule has 16 heavy (non-hydrogen) atoms. The second kappa shape index (κ2) is 7.29. The van der Waals surface area contributed by atoms with E-state index in [1.54, 1.807) is 0 Å². The minimum Gasteiger partial charge on any atom is -0.393 e. The molecule has 0 aliphatic heterocycles. The molecule has 96 valence electrons. The van der Waals surface area contributed by atoms with Crippen molar-refractivity contribution in [2.75, 3.05) is 0 Å². The molecular formula is C14H28O2. The van der Waals surface area contributed by atoms with Gasteiger partial charge in [0.15, 0.2) is 0 Å². The summed E-state index contributed by atoms with van der Waals surface area (Å²) < 4.78 is 0. The molecule has 0 aromatic carbocycles. The zero-order valence-corrected chi connectivity index (χ0v) is 10.9. The summed E-state index contributed by atoms with van der Waals surface area (Å²) in [6, 6.07) is 0. The normalized spacial score (nSPS) is 30.0. The fourth-order valence-corrected chi connectivity index (χ4v) is 2.97. The SMILES string of the molecule is CCCCC(CC)C(O)C1CCCCC1O. The van der Waals surface area contributed by atoms with Crippen molar-refractivity contribution in [2.24, 2.45) is 11.8 Å². The third-order valence-electron chi connectivity index (χ3n) is 4.16. The Hall–Kier alpha value is -0.0800. The first kappa shape index (κ1) is 14.0. The minimum atomic E-state index is -0.285. The summed E-state index contributed by atoms with van der Waals surface area (Å²) >= 11 is 0. The largest absolute Gasteiger partial charge is 0.393 e. The van der Waals surface area contributed by atoms with Crippen molar-refractivity contribution in [1.82, 2.24) is 0 Å². The maximum Gasteiger partial charge on any atom is 0.0621 e. The lowest BCUT2D eigenvalue weighted by Gasteiger charge is -2.35. The molecule has 0 spiro atoms. The van der Waals surface area contributed by atoms with Crippen molar-refractivity contribution < 1.29 is 10.2 Å². The van der Waals surface area contributed by atoms with E-state index < -0.39 is 0 Å². The van der Waals surface area contributed by atoms with E-state index in [4.69, 9.17) is 0 Å². The maximum absolute atomic E-state index is 10.4. The van der Waals surface area contributed by atoms with Gasteiger partial charge in [0.05, 0.1) is 12.2 Å². The van der Waals surface area contributed by atoms with Crippen LogP contribution in [0.2, 0.25) is 0 Å². The number of aliphatic hydroxyl groups is 2. The summed E-state index contributed by atoms with van der Waals surface area (Å²) in [7, 11) is 0. The van der Waals surface area contributed by atoms with Crippen LogP contribution >= 0.6 is 0 Å². The molecule has 0 heterocycles. The molecule has 0 saturated heterocycles. The molecule has 0 amide bonds. The average Bonchev–Trinajstić information content (AvgIpc) is 2.30. The zero-order chi connectivity index (χ0) is 12.0. The highest BCUT2D eigenvalue weighted by Crippen LogP contribution is 2.32. The van der Waals surface area contributed by atoms with E-state index in [0.29, 0.717) is 5.92 Å². The highest BCUT2D eigenvalue weighted by molar-refractivity contribution is 4.83. The molecule has 0 bridgehead atoms. The van der Waals surface area contributed by atoms with Crippen LogP contribution in [0.25, 0.3) is 0 Å². The molecule has 2 heteroatoms. The van der Waals surface area contributed by atoms with Gasteiger partial charge in [-0.3, -0.25) is 0 Å². The maximum atomic E-state index is 10.4. The van der Waals surface area contributed by atoms with E-state index in [1.165, 1.54) is 19.3 Å². The van der Waals surface area contributed by atoms with E-state index >= 15 is 0 Å². The van der Waals surface area contributed by atoms with Gasteiger partial charge in [0, 0.05) is 5.92 Å². The summed E-state index contributed by atoms with van der Waals surface area (Å²) in [5, 5.41) is 20.3. The van der Waals surface area contributed by atoms with Crippen molar-refractivity contribution in [3.05, 3.63) is 0 Å². The highest BCUT2D eigenvalue weighted by Gasteiger charge is 2.33. The van der Waals surface area contributed by atoms with Crippen LogP contribution in [-0.4, -0.2) is 22.4 Å². The van der Waals surface area contributed by atoms with Crippen LogP contribution in [0.1, 0.15) is 65.2 Å². The number of hydrogen-bond donors (Lipinski definition) is 2. The molecule has 1 saturated carbocycles. The molecule has 1 fully saturated rings. The molecule has 1 rings (SSSR count). The number of hydrogen-bond acceptors (Lipinski definition) is 2. The number of rotatable bonds is 6. The van der Waals surface area contributed by atoms with E-state index in [1.807, 2.05) is 0 Å². The van der Waals surface area contributed by atoms with Gasteiger partial charge in [0.2, 0.25) is 0 Å². The summed E-state index contributed by atoms with van der Waals surface area (Å²) in [5.41, 5.74) is 0. The summed E-state index contributed by atoms with van der Waals surface area (Å²) in [6.45, 7) is 4.34. The predicted molar refractivity (Wildman–Crippen MR) is 67.3 cm³/mol. The van der Waals surface area contributed by atoms with Crippen molar-refractivity contribution in [2.45, 2.75) is 77.4 Å². The third-order valence-corrected chi connectivity index (χ3v) is 4.16. The van der Waals surface area contributed by atoms with Gasteiger partial charge in [-0.1, -0.05) is 46.0 Å². The first-order chi connectivity index (χ1) is 7.70. The van der Waals surface area contributed by atoms with Crippen molar-refractivity contribution in [3.8, 4) is 0 Å². The second-order valence-electron chi connectivity index (χ2n) is 5.32. The lowest BCUT2D eigenvalue weighted by atomic mass is 9.76. The van der Waals surface area contributed by atoms with Crippen LogP contribution in [0, 0.1) is 11.8 Å². The summed E-state index contributed by atoms with van der Waals surface area (Å²) in [4.78, 5) is 0. The number of aliphatic hydroxyl groups excluding tert-OH is 2. The van der Waals surface area contributed by atoms with Crippen LogP contribution in [0.4, 0.5) is 0 Å². The minimum absolute atomic E-state index is 0.135. The third kappa shape index (κ3) is 3.74. The number of unbranched alkanes of at least 4 members (excludes halogenated alkanes) is 1. The molecule has 1 aliphatic rings. The van der Waals surface area contributed by atoms with Crippen molar-refractivity contribution >= 4 is 0 Å². The Labute approximate surface area is 100 Å².